The maximum atomic E-state index is 13.4. The van der Waals surface area contributed by atoms with Crippen molar-refractivity contribution < 1.29 is 31.1 Å². The summed E-state index contributed by atoms with van der Waals surface area (Å²) in [7, 11) is -2.43. The molecule has 0 aliphatic carbocycles. The van der Waals surface area contributed by atoms with Crippen LogP contribution in [0.4, 0.5) is 18.9 Å². The van der Waals surface area contributed by atoms with Crippen molar-refractivity contribution >= 4 is 21.6 Å². The average molecular weight is 526 g/mol. The number of sulfonamides is 1. The second kappa shape index (κ2) is 10.3. The number of anilines is 1. The second-order valence-corrected chi connectivity index (χ2v) is 11.1. The zero-order valence-electron chi connectivity index (χ0n) is 20.3. The maximum Gasteiger partial charge on any atom is 0.416 e. The van der Waals surface area contributed by atoms with E-state index in [0.29, 0.717) is 51.3 Å². The van der Waals surface area contributed by atoms with Gasteiger partial charge in [0.25, 0.3) is 0 Å². The molecule has 0 saturated carbocycles. The minimum atomic E-state index is -4.41. The van der Waals surface area contributed by atoms with E-state index in [1.807, 2.05) is 4.90 Å². The molecule has 2 aliphatic rings. The number of hydrogen-bond donors (Lipinski definition) is 0. The van der Waals surface area contributed by atoms with Crippen LogP contribution in [-0.4, -0.2) is 69.9 Å². The summed E-state index contributed by atoms with van der Waals surface area (Å²) in [4.78, 5) is 16.9. The molecule has 1 atom stereocenters. The minimum Gasteiger partial charge on any atom is -0.495 e. The zero-order chi connectivity index (χ0) is 26.1. The van der Waals surface area contributed by atoms with Crippen LogP contribution < -0.4 is 9.64 Å². The highest BCUT2D eigenvalue weighted by molar-refractivity contribution is 7.89. The van der Waals surface area contributed by atoms with Crippen LogP contribution in [0.25, 0.3) is 0 Å². The molecule has 2 heterocycles. The number of hydrogen-bond acceptors (Lipinski definition) is 5. The monoisotopic (exact) mass is 525 g/mol. The number of nitrogens with zero attached hydrogens (tertiary/aromatic N) is 3. The number of methoxy groups -OCH3 is 1. The van der Waals surface area contributed by atoms with Crippen LogP contribution in [0.1, 0.15) is 24.0 Å². The summed E-state index contributed by atoms with van der Waals surface area (Å²) in [5.74, 6) is -0.320. The number of halogens is 3. The third-order valence-electron chi connectivity index (χ3n) is 6.80. The summed E-state index contributed by atoms with van der Waals surface area (Å²) in [6.45, 7) is 3.76. The molecule has 2 fully saturated rings. The highest BCUT2D eigenvalue weighted by Gasteiger charge is 2.37. The number of piperazine rings is 1. The Morgan fingerprint density at radius 2 is 1.75 bits per heavy atom. The van der Waals surface area contributed by atoms with Crippen molar-refractivity contribution in [3.05, 3.63) is 53.6 Å². The third kappa shape index (κ3) is 5.46. The van der Waals surface area contributed by atoms with Crippen LogP contribution >= 0.6 is 0 Å². The number of carbonyl (C=O) groups excluding carboxylic acids is 1. The Kier molecular flexibility index (Phi) is 7.51. The van der Waals surface area contributed by atoms with Gasteiger partial charge in [0.2, 0.25) is 15.9 Å². The van der Waals surface area contributed by atoms with Crippen molar-refractivity contribution in [1.82, 2.24) is 9.21 Å². The van der Waals surface area contributed by atoms with Gasteiger partial charge in [-0.25, -0.2) is 8.42 Å². The number of benzene rings is 2. The first kappa shape index (κ1) is 26.3. The van der Waals surface area contributed by atoms with E-state index in [9.17, 15) is 26.4 Å². The quantitative estimate of drug-likeness (QED) is 0.595. The number of carbonyl (C=O) groups is 1. The van der Waals surface area contributed by atoms with E-state index in [4.69, 9.17) is 4.74 Å². The topological polar surface area (TPSA) is 70.2 Å². The molecule has 0 radical (unpaired) electrons. The number of aryl methyl sites for hydroxylation is 1. The van der Waals surface area contributed by atoms with Gasteiger partial charge in [-0.2, -0.15) is 17.5 Å². The smallest absolute Gasteiger partial charge is 0.416 e. The third-order valence-corrected chi connectivity index (χ3v) is 8.69. The standard InChI is InChI=1S/C25H30F3N3O4S/c1-18-8-9-22(35-2)23(15-18)36(33,34)31-10-4-5-19(17-31)24(32)30-13-11-29(12-14-30)21-7-3-6-20(16-21)25(26,27)28/h3,6-9,15-16,19H,4-5,10-14,17H2,1-2H3/t19-/m1/s1. The van der Waals surface area contributed by atoms with E-state index >= 15 is 0 Å². The van der Waals surface area contributed by atoms with Crippen LogP contribution in [0, 0.1) is 12.8 Å². The van der Waals surface area contributed by atoms with Gasteiger partial charge >= 0.3 is 6.18 Å². The first-order valence-electron chi connectivity index (χ1n) is 11.9. The fourth-order valence-electron chi connectivity index (χ4n) is 4.81. The number of piperidine rings is 1. The maximum absolute atomic E-state index is 13.4. The highest BCUT2D eigenvalue weighted by Crippen LogP contribution is 2.33. The van der Waals surface area contributed by atoms with Gasteiger partial charge in [0.1, 0.15) is 10.6 Å². The minimum absolute atomic E-state index is 0.0894. The van der Waals surface area contributed by atoms with Crippen LogP contribution in [0.2, 0.25) is 0 Å². The van der Waals surface area contributed by atoms with E-state index in [-0.39, 0.29) is 23.1 Å². The second-order valence-electron chi connectivity index (χ2n) is 9.22. The molecule has 36 heavy (non-hydrogen) atoms. The molecule has 7 nitrogen and oxygen atoms in total. The molecule has 196 valence electrons. The molecule has 0 unspecified atom stereocenters. The van der Waals surface area contributed by atoms with Crippen molar-refractivity contribution in [3.8, 4) is 5.75 Å². The van der Waals surface area contributed by atoms with Crippen molar-refractivity contribution in [1.29, 1.82) is 0 Å². The van der Waals surface area contributed by atoms with Gasteiger partial charge in [0.05, 0.1) is 18.6 Å². The van der Waals surface area contributed by atoms with E-state index in [1.54, 1.807) is 36.1 Å². The molecule has 0 aromatic heterocycles. The summed E-state index contributed by atoms with van der Waals surface area (Å²) >= 11 is 0. The molecule has 0 spiro atoms. The number of amides is 1. The summed E-state index contributed by atoms with van der Waals surface area (Å²) in [6.07, 6.45) is -3.26. The lowest BCUT2D eigenvalue weighted by Crippen LogP contribution is -2.53. The predicted octanol–water partition coefficient (Wildman–Crippen LogP) is 3.77. The SMILES string of the molecule is COc1ccc(C)cc1S(=O)(=O)N1CCC[C@@H](C(=O)N2CCN(c3cccc(C(F)(F)F)c3)CC2)C1. The Morgan fingerprint density at radius 1 is 1.03 bits per heavy atom. The normalized spacial score (nSPS) is 19.9. The number of ether oxygens (including phenoxy) is 1. The van der Waals surface area contributed by atoms with Crippen molar-refractivity contribution in [2.75, 3.05) is 51.3 Å². The fourth-order valence-corrected chi connectivity index (χ4v) is 6.57. The number of rotatable bonds is 5. The first-order valence-corrected chi connectivity index (χ1v) is 13.3. The van der Waals surface area contributed by atoms with Gasteiger partial charge in [-0.1, -0.05) is 12.1 Å². The van der Waals surface area contributed by atoms with E-state index in [0.717, 1.165) is 17.7 Å². The summed E-state index contributed by atoms with van der Waals surface area (Å²) in [6, 6.07) is 10.2. The van der Waals surface area contributed by atoms with E-state index < -0.39 is 27.7 Å². The van der Waals surface area contributed by atoms with Gasteiger partial charge in [-0.3, -0.25) is 4.79 Å². The Morgan fingerprint density at radius 3 is 2.42 bits per heavy atom. The number of alkyl halides is 3. The lowest BCUT2D eigenvalue weighted by molar-refractivity contribution is -0.137. The van der Waals surface area contributed by atoms with Crippen LogP contribution in [-0.2, 0) is 21.0 Å². The predicted molar refractivity (Wildman–Crippen MR) is 129 cm³/mol. The fraction of sp³-hybridized carbons (Fsp3) is 0.480. The van der Waals surface area contributed by atoms with Crippen molar-refractivity contribution in [2.24, 2.45) is 5.92 Å². The molecule has 2 aliphatic heterocycles. The molecule has 1 amide bonds. The molecule has 0 N–H and O–H groups in total. The Bertz CT molecular complexity index is 1210. The van der Waals surface area contributed by atoms with Crippen LogP contribution in [0.15, 0.2) is 47.4 Å². The lowest BCUT2D eigenvalue weighted by Gasteiger charge is -2.39. The zero-order valence-corrected chi connectivity index (χ0v) is 21.1. The molecule has 0 bridgehead atoms. The molecule has 2 saturated heterocycles. The summed E-state index contributed by atoms with van der Waals surface area (Å²) < 4.78 is 72.6. The average Bonchev–Trinajstić information content (AvgIpc) is 2.88. The van der Waals surface area contributed by atoms with Crippen LogP contribution in [0.5, 0.6) is 5.75 Å². The van der Waals surface area contributed by atoms with Gasteiger partial charge < -0.3 is 14.5 Å². The van der Waals surface area contributed by atoms with Crippen molar-refractivity contribution in [3.63, 3.8) is 0 Å². The van der Waals surface area contributed by atoms with Gasteiger partial charge in [-0.15, -0.1) is 0 Å². The molecule has 4 rings (SSSR count). The molecule has 2 aromatic rings. The van der Waals surface area contributed by atoms with Gasteiger partial charge in [0.15, 0.2) is 0 Å². The Labute approximate surface area is 209 Å². The first-order chi connectivity index (χ1) is 17.0. The summed E-state index contributed by atoms with van der Waals surface area (Å²) in [5, 5.41) is 0. The van der Waals surface area contributed by atoms with Gasteiger partial charge in [0, 0.05) is 45.0 Å². The van der Waals surface area contributed by atoms with E-state index in [2.05, 4.69) is 0 Å². The highest BCUT2D eigenvalue weighted by atomic mass is 32.2. The molecule has 11 heteroatoms. The lowest BCUT2D eigenvalue weighted by atomic mass is 9.97. The Balaban J connectivity index is 1.41. The van der Waals surface area contributed by atoms with Gasteiger partial charge in [-0.05, 0) is 55.7 Å². The van der Waals surface area contributed by atoms with Crippen LogP contribution in [0.3, 0.4) is 0 Å². The molecule has 2 aromatic carbocycles. The summed E-state index contributed by atoms with van der Waals surface area (Å²) in [5.41, 5.74) is 0.559. The van der Waals surface area contributed by atoms with E-state index in [1.165, 1.54) is 17.5 Å². The Hall–Kier alpha value is -2.79. The molecular weight excluding hydrogens is 495 g/mol. The largest absolute Gasteiger partial charge is 0.495 e. The molecular formula is C25H30F3N3O4S. The van der Waals surface area contributed by atoms with Crippen molar-refractivity contribution in [2.45, 2.75) is 30.8 Å².